The molecule has 0 rings (SSSR count). The molecule has 0 saturated heterocycles. The SMILES string of the molecule is CC(=O)[O-].CC(=O)[O-].CC(=O)[O-].CC(=O)[O-].O.O.O.O.[Co+2].[Mn+2]. The Kier molecular flexibility index (Phi) is 191. The summed E-state index contributed by atoms with van der Waals surface area (Å²) >= 11 is 0. The molecule has 0 unspecified atom stereocenters. The van der Waals surface area contributed by atoms with Crippen molar-refractivity contribution >= 4 is 23.9 Å². The van der Waals surface area contributed by atoms with Gasteiger partial charge in [0.15, 0.2) is 0 Å². The van der Waals surface area contributed by atoms with Crippen LogP contribution in [0.25, 0.3) is 0 Å². The predicted molar refractivity (Wildman–Crippen MR) is 57.2 cm³/mol. The van der Waals surface area contributed by atoms with E-state index in [2.05, 4.69) is 0 Å². The third kappa shape index (κ3) is 3750. The Balaban J connectivity index is -0.00000001000. The molecule has 0 aromatic heterocycles. The number of hydrogen-bond acceptors (Lipinski definition) is 8. The number of hydrogen-bond donors (Lipinski definition) is 0. The molecule has 22 heavy (non-hydrogen) atoms. The van der Waals surface area contributed by atoms with Gasteiger partial charge in [0.1, 0.15) is 0 Å². The van der Waals surface area contributed by atoms with E-state index in [0.717, 1.165) is 27.7 Å². The maximum absolute atomic E-state index is 8.89. The van der Waals surface area contributed by atoms with Crippen molar-refractivity contribution in [2.45, 2.75) is 27.7 Å². The molecular weight excluding hydrogens is 402 g/mol. The number of carboxylic acid groups (broad SMARTS) is 4. The molecule has 0 aliphatic heterocycles. The van der Waals surface area contributed by atoms with Crippen LogP contribution in [0.2, 0.25) is 0 Å². The van der Waals surface area contributed by atoms with Crippen LogP contribution in [0.15, 0.2) is 0 Å². The molecule has 0 amide bonds. The molecule has 0 fully saturated rings. The van der Waals surface area contributed by atoms with Crippen molar-refractivity contribution in [1.82, 2.24) is 0 Å². The Morgan fingerprint density at radius 3 is 0.500 bits per heavy atom. The summed E-state index contributed by atoms with van der Waals surface area (Å²) in [5.74, 6) is -4.33. The smallest absolute Gasteiger partial charge is 0.550 e. The zero-order chi connectivity index (χ0) is 14.3. The first kappa shape index (κ1) is 70.0. The second-order valence-electron chi connectivity index (χ2n) is 1.97. The van der Waals surface area contributed by atoms with Crippen molar-refractivity contribution in [1.29, 1.82) is 0 Å². The molecule has 0 atom stereocenters. The molecule has 0 aliphatic rings. The summed E-state index contributed by atoms with van der Waals surface area (Å²) in [6.07, 6.45) is 0. The van der Waals surface area contributed by atoms with Gasteiger partial charge in [0.05, 0.1) is 0 Å². The number of carboxylic acids is 4. The third-order valence-electron chi connectivity index (χ3n) is 0. The van der Waals surface area contributed by atoms with E-state index in [4.69, 9.17) is 39.6 Å². The molecule has 14 heteroatoms. The maximum Gasteiger partial charge on any atom is 2.00 e. The fourth-order valence-electron chi connectivity index (χ4n) is 0. The molecule has 0 heterocycles. The zero-order valence-electron chi connectivity index (χ0n) is 12.0. The normalized spacial score (nSPS) is 4.55. The molecule has 2 radical (unpaired) electrons. The predicted octanol–water partition coefficient (Wildman–Crippen LogP) is -8.28. The second kappa shape index (κ2) is 60.1. The minimum Gasteiger partial charge on any atom is -0.550 e. The first-order valence-corrected chi connectivity index (χ1v) is 3.63. The van der Waals surface area contributed by atoms with Crippen LogP contribution in [0.3, 0.4) is 0 Å². The van der Waals surface area contributed by atoms with Gasteiger partial charge in [0.2, 0.25) is 0 Å². The minimum absolute atomic E-state index is 0. The van der Waals surface area contributed by atoms with Crippen LogP contribution >= 0.6 is 0 Å². The molecular formula is C8H20CoMnO12. The van der Waals surface area contributed by atoms with Gasteiger partial charge in [-0.2, -0.15) is 0 Å². The van der Waals surface area contributed by atoms with E-state index < -0.39 is 23.9 Å². The number of carbonyl (C=O) groups excluding carboxylic acids is 4. The Morgan fingerprint density at radius 2 is 0.500 bits per heavy atom. The second-order valence-corrected chi connectivity index (χ2v) is 1.97. The summed E-state index contributed by atoms with van der Waals surface area (Å²) in [4.78, 5) is 35.6. The standard InChI is InChI=1S/4C2H4O2.Co.Mn.4H2O/c4*1-2(3)4;;;;;;/h4*1H3,(H,3,4);;;4*1H2/q;;;;2*+2;;;;/p-4. The van der Waals surface area contributed by atoms with Gasteiger partial charge in [-0.1, -0.05) is 0 Å². The van der Waals surface area contributed by atoms with Gasteiger partial charge in [-0.05, 0) is 27.7 Å². The van der Waals surface area contributed by atoms with Crippen LogP contribution in [-0.4, -0.2) is 45.8 Å². The van der Waals surface area contributed by atoms with Crippen LogP contribution in [0.1, 0.15) is 27.7 Å². The van der Waals surface area contributed by atoms with Gasteiger partial charge in [-0.3, -0.25) is 0 Å². The fourth-order valence-corrected chi connectivity index (χ4v) is 0. The van der Waals surface area contributed by atoms with Gasteiger partial charge >= 0.3 is 33.8 Å². The van der Waals surface area contributed by atoms with Crippen LogP contribution < -0.4 is 20.4 Å². The molecule has 0 aromatic rings. The monoisotopic (exact) mass is 422 g/mol. The van der Waals surface area contributed by atoms with Gasteiger partial charge in [0.25, 0.3) is 0 Å². The van der Waals surface area contributed by atoms with Gasteiger partial charge in [-0.15, -0.1) is 0 Å². The molecule has 140 valence electrons. The van der Waals surface area contributed by atoms with Gasteiger partial charge in [0, 0.05) is 23.9 Å². The Bertz CT molecular complexity index is 171. The van der Waals surface area contributed by atoms with Gasteiger partial charge in [-0.25, -0.2) is 0 Å². The van der Waals surface area contributed by atoms with Crippen molar-refractivity contribution in [3.05, 3.63) is 0 Å². The van der Waals surface area contributed by atoms with Crippen LogP contribution in [0.5, 0.6) is 0 Å². The Labute approximate surface area is 147 Å². The van der Waals surface area contributed by atoms with E-state index in [1.165, 1.54) is 0 Å². The van der Waals surface area contributed by atoms with Gasteiger partial charge < -0.3 is 61.5 Å². The van der Waals surface area contributed by atoms with Crippen LogP contribution in [0.4, 0.5) is 0 Å². The molecule has 8 N–H and O–H groups in total. The maximum atomic E-state index is 8.89. The third-order valence-corrected chi connectivity index (χ3v) is 0. The van der Waals surface area contributed by atoms with E-state index in [9.17, 15) is 0 Å². The van der Waals surface area contributed by atoms with E-state index in [-0.39, 0.29) is 55.8 Å². The Morgan fingerprint density at radius 1 is 0.500 bits per heavy atom. The summed E-state index contributed by atoms with van der Waals surface area (Å²) in [6.45, 7) is 3.89. The minimum atomic E-state index is -1.08. The molecule has 0 bridgehead atoms. The molecule has 0 spiro atoms. The van der Waals surface area contributed by atoms with Crippen molar-refractivity contribution in [2.24, 2.45) is 0 Å². The number of rotatable bonds is 0. The molecule has 0 aliphatic carbocycles. The van der Waals surface area contributed by atoms with Crippen molar-refractivity contribution in [2.75, 3.05) is 0 Å². The van der Waals surface area contributed by atoms with Crippen molar-refractivity contribution in [3.63, 3.8) is 0 Å². The quantitative estimate of drug-likeness (QED) is 0.337. The largest absolute Gasteiger partial charge is 2.00 e. The first-order valence-electron chi connectivity index (χ1n) is 3.63. The fraction of sp³-hybridized carbons (Fsp3) is 0.500. The summed E-state index contributed by atoms with van der Waals surface area (Å²) in [7, 11) is 0. The average Bonchev–Trinajstić information content (AvgIpc) is 1.76. The molecule has 12 nitrogen and oxygen atoms in total. The van der Waals surface area contributed by atoms with Crippen molar-refractivity contribution < 1.29 is 95.4 Å². The van der Waals surface area contributed by atoms with E-state index in [1.807, 2.05) is 0 Å². The average molecular weight is 422 g/mol. The van der Waals surface area contributed by atoms with E-state index in [1.54, 1.807) is 0 Å². The summed E-state index contributed by atoms with van der Waals surface area (Å²) < 4.78 is 0. The van der Waals surface area contributed by atoms with E-state index in [0.29, 0.717) is 0 Å². The molecule has 0 aromatic carbocycles. The Hall–Kier alpha value is -1.25. The van der Waals surface area contributed by atoms with E-state index >= 15 is 0 Å². The molecule has 0 saturated carbocycles. The van der Waals surface area contributed by atoms with Crippen LogP contribution in [-0.2, 0) is 53.0 Å². The number of aliphatic carboxylic acids is 4. The first-order chi connectivity index (χ1) is 6.93. The summed E-state index contributed by atoms with van der Waals surface area (Å²) in [5, 5.41) is 35.6. The van der Waals surface area contributed by atoms with Crippen molar-refractivity contribution in [3.8, 4) is 0 Å². The topological polar surface area (TPSA) is 287 Å². The van der Waals surface area contributed by atoms with Crippen LogP contribution in [0, 0.1) is 0 Å². The summed E-state index contributed by atoms with van der Waals surface area (Å²) in [6, 6.07) is 0. The number of carbonyl (C=O) groups is 4. The zero-order valence-corrected chi connectivity index (χ0v) is 14.2. The summed E-state index contributed by atoms with van der Waals surface area (Å²) in [5.41, 5.74) is 0.